The molecule has 2 amide bonds. The number of halogens is 2. The summed E-state index contributed by atoms with van der Waals surface area (Å²) < 4.78 is 27.6. The van der Waals surface area contributed by atoms with Crippen molar-refractivity contribution in [2.45, 2.75) is 18.9 Å². The molecule has 1 atom stereocenters. The van der Waals surface area contributed by atoms with E-state index in [0.717, 1.165) is 0 Å². The second kappa shape index (κ2) is 7.22. The molecule has 28 heavy (non-hydrogen) atoms. The molecule has 2 heterocycles. The van der Waals surface area contributed by atoms with Crippen LogP contribution in [0.3, 0.4) is 0 Å². The molecule has 0 spiro atoms. The van der Waals surface area contributed by atoms with Gasteiger partial charge in [-0.2, -0.15) is 5.10 Å². The smallest absolute Gasteiger partial charge is 0.247 e. The van der Waals surface area contributed by atoms with Crippen LogP contribution in [-0.2, 0) is 9.59 Å². The van der Waals surface area contributed by atoms with Crippen LogP contribution in [0.5, 0.6) is 0 Å². The van der Waals surface area contributed by atoms with E-state index < -0.39 is 17.8 Å². The Balaban J connectivity index is 1.60. The second-order valence-electron chi connectivity index (χ2n) is 6.52. The highest BCUT2D eigenvalue weighted by Crippen LogP contribution is 2.26. The number of hydrogen-bond donors (Lipinski definition) is 3. The van der Waals surface area contributed by atoms with Crippen LogP contribution in [0, 0.1) is 11.6 Å². The van der Waals surface area contributed by atoms with Crippen molar-refractivity contribution < 1.29 is 18.4 Å². The standard InChI is InChI=1S/C20H16F2N4O2/c21-12-3-1-2-11(8-12)4-5-15-13-9-18(14(22)10-17(13)26-25-15)24-20(28)16-6-7-19(27)23-16/h1-5,8-10,16H,6-7H2,(H,23,27)(H,24,28)(H,25,26)/b5-4+/t16-/m0/s1. The van der Waals surface area contributed by atoms with E-state index in [1.165, 1.54) is 24.3 Å². The average molecular weight is 382 g/mol. The average Bonchev–Trinajstić information content (AvgIpc) is 3.26. The number of hydrogen-bond acceptors (Lipinski definition) is 3. The summed E-state index contributed by atoms with van der Waals surface area (Å²) >= 11 is 0. The maximum Gasteiger partial charge on any atom is 0.247 e. The van der Waals surface area contributed by atoms with Crippen molar-refractivity contribution in [1.29, 1.82) is 0 Å². The maximum absolute atomic E-state index is 14.3. The zero-order valence-electron chi connectivity index (χ0n) is 14.6. The lowest BCUT2D eigenvalue weighted by molar-refractivity contribution is -0.122. The first-order valence-electron chi connectivity index (χ1n) is 8.71. The van der Waals surface area contributed by atoms with Gasteiger partial charge in [-0.15, -0.1) is 0 Å². The molecule has 1 saturated heterocycles. The highest BCUT2D eigenvalue weighted by atomic mass is 19.1. The summed E-state index contributed by atoms with van der Waals surface area (Å²) in [4.78, 5) is 23.5. The Bertz CT molecular complexity index is 1110. The van der Waals surface area contributed by atoms with Gasteiger partial charge in [-0.1, -0.05) is 18.2 Å². The van der Waals surface area contributed by atoms with Crippen molar-refractivity contribution in [2.75, 3.05) is 5.32 Å². The first-order chi connectivity index (χ1) is 13.5. The van der Waals surface area contributed by atoms with Crippen molar-refractivity contribution in [3.05, 3.63) is 59.3 Å². The van der Waals surface area contributed by atoms with Crippen LogP contribution in [0.4, 0.5) is 14.5 Å². The molecule has 3 N–H and O–H groups in total. The number of rotatable bonds is 4. The lowest BCUT2D eigenvalue weighted by Gasteiger charge is -2.11. The van der Waals surface area contributed by atoms with Crippen molar-refractivity contribution in [3.63, 3.8) is 0 Å². The quantitative estimate of drug-likeness (QED) is 0.648. The molecule has 2 aromatic carbocycles. The van der Waals surface area contributed by atoms with Gasteiger partial charge >= 0.3 is 0 Å². The van der Waals surface area contributed by atoms with E-state index in [1.807, 2.05) is 0 Å². The number of carbonyl (C=O) groups is 2. The van der Waals surface area contributed by atoms with Gasteiger partial charge in [0.25, 0.3) is 0 Å². The van der Waals surface area contributed by atoms with Crippen molar-refractivity contribution in [2.24, 2.45) is 0 Å². The number of benzene rings is 2. The molecule has 142 valence electrons. The Kier molecular flexibility index (Phi) is 4.60. The number of fused-ring (bicyclic) bond motifs is 1. The van der Waals surface area contributed by atoms with E-state index in [-0.39, 0.29) is 23.8 Å². The van der Waals surface area contributed by atoms with Crippen molar-refractivity contribution in [1.82, 2.24) is 15.5 Å². The van der Waals surface area contributed by atoms with Gasteiger partial charge < -0.3 is 10.6 Å². The summed E-state index contributed by atoms with van der Waals surface area (Å²) in [5.41, 5.74) is 1.64. The van der Waals surface area contributed by atoms with E-state index in [9.17, 15) is 18.4 Å². The van der Waals surface area contributed by atoms with Gasteiger partial charge in [-0.3, -0.25) is 14.7 Å². The number of amides is 2. The molecular weight excluding hydrogens is 366 g/mol. The molecule has 1 aromatic heterocycles. The van der Waals surface area contributed by atoms with E-state index in [4.69, 9.17) is 0 Å². The molecule has 0 bridgehead atoms. The van der Waals surface area contributed by atoms with Crippen LogP contribution >= 0.6 is 0 Å². The van der Waals surface area contributed by atoms with Crippen LogP contribution in [0.25, 0.3) is 23.1 Å². The van der Waals surface area contributed by atoms with Gasteiger partial charge in [0.15, 0.2) is 0 Å². The highest BCUT2D eigenvalue weighted by Gasteiger charge is 2.27. The molecule has 1 aliphatic heterocycles. The third-order valence-electron chi connectivity index (χ3n) is 4.53. The topological polar surface area (TPSA) is 86.9 Å². The lowest BCUT2D eigenvalue weighted by atomic mass is 10.1. The number of aromatic amines is 1. The Labute approximate surface area is 158 Å². The Hall–Kier alpha value is -3.55. The molecular formula is C20H16F2N4O2. The minimum atomic E-state index is -0.667. The molecule has 6 nitrogen and oxygen atoms in total. The Morgan fingerprint density at radius 2 is 2.07 bits per heavy atom. The number of H-pyrrole nitrogens is 1. The fourth-order valence-corrected chi connectivity index (χ4v) is 3.10. The first kappa shape index (κ1) is 17.8. The SMILES string of the molecule is O=C1CC[C@@H](C(=O)Nc2cc3c(/C=C/c4cccc(F)c4)n[nH]c3cc2F)N1. The van der Waals surface area contributed by atoms with Crippen LogP contribution in [0.1, 0.15) is 24.1 Å². The maximum atomic E-state index is 14.3. The van der Waals surface area contributed by atoms with Crippen molar-refractivity contribution in [3.8, 4) is 0 Å². The molecule has 1 fully saturated rings. The number of carbonyl (C=O) groups excluding carboxylic acids is 2. The molecule has 0 unspecified atom stereocenters. The van der Waals surface area contributed by atoms with Crippen LogP contribution in [0.15, 0.2) is 36.4 Å². The summed E-state index contributed by atoms with van der Waals surface area (Å²) in [7, 11) is 0. The van der Waals surface area contributed by atoms with E-state index in [1.54, 1.807) is 24.3 Å². The van der Waals surface area contributed by atoms with Gasteiger partial charge in [0, 0.05) is 17.9 Å². The number of aromatic nitrogens is 2. The van der Waals surface area contributed by atoms with Crippen LogP contribution in [-0.4, -0.2) is 28.1 Å². The van der Waals surface area contributed by atoms with E-state index in [0.29, 0.717) is 28.6 Å². The number of nitrogens with zero attached hydrogens (tertiary/aromatic N) is 1. The number of nitrogens with one attached hydrogen (secondary N) is 3. The van der Waals surface area contributed by atoms with Gasteiger partial charge in [0.1, 0.15) is 17.7 Å². The van der Waals surface area contributed by atoms with Gasteiger partial charge in [-0.05, 0) is 36.3 Å². The summed E-state index contributed by atoms with van der Waals surface area (Å²) in [5.74, 6) is -1.63. The van der Waals surface area contributed by atoms with Crippen LogP contribution in [0.2, 0.25) is 0 Å². The molecule has 4 rings (SSSR count). The Morgan fingerprint density at radius 3 is 2.82 bits per heavy atom. The molecule has 8 heteroatoms. The summed E-state index contributed by atoms with van der Waals surface area (Å²) in [6.07, 6.45) is 4.01. The Morgan fingerprint density at radius 1 is 1.21 bits per heavy atom. The molecule has 1 aliphatic rings. The predicted molar refractivity (Wildman–Crippen MR) is 101 cm³/mol. The highest BCUT2D eigenvalue weighted by molar-refractivity contribution is 6.01. The second-order valence-corrected chi connectivity index (χ2v) is 6.52. The normalized spacial score (nSPS) is 16.6. The molecule has 0 radical (unpaired) electrons. The minimum Gasteiger partial charge on any atom is -0.344 e. The van der Waals surface area contributed by atoms with E-state index >= 15 is 0 Å². The predicted octanol–water partition coefficient (Wildman–Crippen LogP) is 3.23. The third-order valence-corrected chi connectivity index (χ3v) is 4.53. The largest absolute Gasteiger partial charge is 0.344 e. The van der Waals surface area contributed by atoms with Gasteiger partial charge in [0.2, 0.25) is 11.8 Å². The number of anilines is 1. The summed E-state index contributed by atoms with van der Waals surface area (Å²) in [6, 6.07) is 8.13. The molecule has 0 saturated carbocycles. The molecule has 3 aromatic rings. The molecule has 0 aliphatic carbocycles. The summed E-state index contributed by atoms with van der Waals surface area (Å²) in [5, 5.41) is 12.5. The third kappa shape index (κ3) is 3.62. The fourth-order valence-electron chi connectivity index (χ4n) is 3.10. The fraction of sp³-hybridized carbons (Fsp3) is 0.150. The zero-order valence-corrected chi connectivity index (χ0v) is 14.6. The monoisotopic (exact) mass is 382 g/mol. The van der Waals surface area contributed by atoms with Crippen molar-refractivity contribution >= 4 is 40.6 Å². The first-order valence-corrected chi connectivity index (χ1v) is 8.71. The van der Waals surface area contributed by atoms with E-state index in [2.05, 4.69) is 20.8 Å². The van der Waals surface area contributed by atoms with Gasteiger partial charge in [-0.25, -0.2) is 8.78 Å². The van der Waals surface area contributed by atoms with Crippen LogP contribution < -0.4 is 10.6 Å². The van der Waals surface area contributed by atoms with Gasteiger partial charge in [0.05, 0.1) is 16.9 Å². The lowest BCUT2D eigenvalue weighted by Crippen LogP contribution is -2.37. The zero-order chi connectivity index (χ0) is 19.7. The summed E-state index contributed by atoms with van der Waals surface area (Å²) in [6.45, 7) is 0. The minimum absolute atomic E-state index is 0.000421.